The van der Waals surface area contributed by atoms with E-state index in [-0.39, 0.29) is 5.97 Å². The van der Waals surface area contributed by atoms with Gasteiger partial charge < -0.3 is 14.4 Å². The first kappa shape index (κ1) is 13.8. The Hall–Kier alpha value is -0.660. The Bertz CT molecular complexity index is 456. The van der Waals surface area contributed by atoms with Crippen molar-refractivity contribution in [1.29, 1.82) is 0 Å². The summed E-state index contributed by atoms with van der Waals surface area (Å²) in [5.74, 6) is 0.406. The average Bonchev–Trinajstić information content (AvgIpc) is 2.38. The first-order valence-electron chi connectivity index (χ1n) is 5.36. The number of esters is 1. The van der Waals surface area contributed by atoms with E-state index in [4.69, 9.17) is 9.47 Å². The minimum absolute atomic E-state index is 0.314. The summed E-state index contributed by atoms with van der Waals surface area (Å²) < 4.78 is 11.8. The molecule has 1 unspecified atom stereocenters. The summed E-state index contributed by atoms with van der Waals surface area (Å²) in [6, 6.07) is 1.44. The number of halogens is 2. The lowest BCUT2D eigenvalue weighted by molar-refractivity contribution is -0.144. The second kappa shape index (κ2) is 5.99. The minimum Gasteiger partial charge on any atom is -0.467 e. The van der Waals surface area contributed by atoms with Crippen LogP contribution in [-0.2, 0) is 14.3 Å². The highest BCUT2D eigenvalue weighted by atomic mass is 79.9. The number of aromatic nitrogens is 1. The predicted molar refractivity (Wildman–Crippen MR) is 73.6 cm³/mol. The van der Waals surface area contributed by atoms with Gasteiger partial charge in [-0.2, -0.15) is 0 Å². The zero-order chi connectivity index (χ0) is 13.1. The van der Waals surface area contributed by atoms with Gasteiger partial charge in [-0.3, -0.25) is 0 Å². The highest BCUT2D eigenvalue weighted by Gasteiger charge is 2.32. The molecule has 1 fully saturated rings. The van der Waals surface area contributed by atoms with Gasteiger partial charge in [0.1, 0.15) is 5.82 Å². The van der Waals surface area contributed by atoms with E-state index in [1.54, 1.807) is 6.20 Å². The summed E-state index contributed by atoms with van der Waals surface area (Å²) in [4.78, 5) is 18.0. The molecule has 0 radical (unpaired) electrons. The molecule has 98 valence electrons. The van der Waals surface area contributed by atoms with Crippen LogP contribution in [-0.4, -0.2) is 43.9 Å². The fourth-order valence-electron chi connectivity index (χ4n) is 1.81. The van der Waals surface area contributed by atoms with Crippen LogP contribution in [0, 0.1) is 0 Å². The molecule has 1 aliphatic heterocycles. The van der Waals surface area contributed by atoms with Crippen molar-refractivity contribution >= 4 is 43.6 Å². The van der Waals surface area contributed by atoms with Gasteiger partial charge in [0.2, 0.25) is 0 Å². The zero-order valence-electron chi connectivity index (χ0n) is 9.73. The van der Waals surface area contributed by atoms with Gasteiger partial charge in [0, 0.05) is 17.2 Å². The largest absolute Gasteiger partial charge is 0.467 e. The molecule has 1 aliphatic rings. The summed E-state index contributed by atoms with van der Waals surface area (Å²) in [6.45, 7) is 1.49. The second-order valence-corrected chi connectivity index (χ2v) is 5.54. The number of nitrogens with zero attached hydrogens (tertiary/aromatic N) is 2. The van der Waals surface area contributed by atoms with Gasteiger partial charge >= 0.3 is 5.97 Å². The van der Waals surface area contributed by atoms with E-state index in [2.05, 4.69) is 36.8 Å². The minimum atomic E-state index is -0.450. The molecule has 18 heavy (non-hydrogen) atoms. The van der Waals surface area contributed by atoms with Gasteiger partial charge in [0.25, 0.3) is 0 Å². The van der Waals surface area contributed by atoms with Crippen LogP contribution >= 0.6 is 31.9 Å². The van der Waals surface area contributed by atoms with Crippen molar-refractivity contribution in [2.24, 2.45) is 0 Å². The van der Waals surface area contributed by atoms with Gasteiger partial charge in [-0.1, -0.05) is 0 Å². The molecule has 1 aromatic heterocycles. The molecule has 5 nitrogen and oxygen atoms in total. The van der Waals surface area contributed by atoms with Crippen molar-refractivity contribution in [1.82, 2.24) is 4.98 Å². The summed E-state index contributed by atoms with van der Waals surface area (Å²) in [6.07, 6.45) is 1.70. The number of hydrogen-bond acceptors (Lipinski definition) is 5. The van der Waals surface area contributed by atoms with Crippen LogP contribution in [0.15, 0.2) is 21.2 Å². The molecule has 0 aliphatic carbocycles. The number of morpholine rings is 1. The van der Waals surface area contributed by atoms with Crippen LogP contribution in [0.5, 0.6) is 0 Å². The molecule has 0 bridgehead atoms. The number of ether oxygens (including phenoxy) is 2. The quantitative estimate of drug-likeness (QED) is 0.735. The highest BCUT2D eigenvalue weighted by Crippen LogP contribution is 2.29. The topological polar surface area (TPSA) is 51.7 Å². The van der Waals surface area contributed by atoms with Gasteiger partial charge in [-0.15, -0.1) is 0 Å². The van der Waals surface area contributed by atoms with Crippen molar-refractivity contribution in [3.8, 4) is 0 Å². The molecular weight excluding hydrogens is 368 g/mol. The summed E-state index contributed by atoms with van der Waals surface area (Å²) >= 11 is 6.80. The van der Waals surface area contributed by atoms with E-state index < -0.39 is 6.04 Å². The van der Waals surface area contributed by atoms with Gasteiger partial charge in [-0.25, -0.2) is 9.78 Å². The maximum absolute atomic E-state index is 11.7. The van der Waals surface area contributed by atoms with Crippen LogP contribution < -0.4 is 4.90 Å². The van der Waals surface area contributed by atoms with Crippen molar-refractivity contribution in [2.45, 2.75) is 6.04 Å². The van der Waals surface area contributed by atoms with Gasteiger partial charge in [0.05, 0.1) is 24.8 Å². The highest BCUT2D eigenvalue weighted by molar-refractivity contribution is 9.11. The SMILES string of the molecule is COC(=O)C1COCCN1c1ncc(Br)cc1Br. The van der Waals surface area contributed by atoms with Crippen LogP contribution in [0.2, 0.25) is 0 Å². The average molecular weight is 380 g/mol. The molecule has 1 aromatic rings. The molecule has 7 heteroatoms. The van der Waals surface area contributed by atoms with Crippen molar-refractivity contribution < 1.29 is 14.3 Å². The summed E-state index contributed by atoms with van der Waals surface area (Å²) in [5, 5.41) is 0. The third-order valence-corrected chi connectivity index (χ3v) is 3.68. The zero-order valence-corrected chi connectivity index (χ0v) is 12.9. The number of hydrogen-bond donors (Lipinski definition) is 0. The number of anilines is 1. The van der Waals surface area contributed by atoms with E-state index in [0.717, 1.165) is 14.8 Å². The first-order chi connectivity index (χ1) is 8.63. The Morgan fingerprint density at radius 3 is 3.06 bits per heavy atom. The lowest BCUT2D eigenvalue weighted by Gasteiger charge is -2.35. The lowest BCUT2D eigenvalue weighted by Crippen LogP contribution is -2.51. The Balaban J connectivity index is 2.30. The van der Waals surface area contributed by atoms with Crippen molar-refractivity contribution in [3.05, 3.63) is 21.2 Å². The van der Waals surface area contributed by atoms with Crippen LogP contribution in [0.25, 0.3) is 0 Å². The fraction of sp³-hybridized carbons (Fsp3) is 0.455. The van der Waals surface area contributed by atoms with Crippen LogP contribution in [0.1, 0.15) is 0 Å². The monoisotopic (exact) mass is 378 g/mol. The second-order valence-electron chi connectivity index (χ2n) is 3.77. The third-order valence-electron chi connectivity index (χ3n) is 2.66. The molecule has 0 amide bonds. The van der Waals surface area contributed by atoms with Gasteiger partial charge in [-0.05, 0) is 37.9 Å². The van der Waals surface area contributed by atoms with E-state index in [0.29, 0.717) is 19.8 Å². The predicted octanol–water partition coefficient (Wildman–Crippen LogP) is 1.98. The first-order valence-corrected chi connectivity index (χ1v) is 6.95. The van der Waals surface area contributed by atoms with E-state index in [9.17, 15) is 4.79 Å². The molecular formula is C11H12Br2N2O3. The molecule has 2 rings (SSSR count). The Morgan fingerprint density at radius 2 is 2.39 bits per heavy atom. The smallest absolute Gasteiger partial charge is 0.330 e. The Kier molecular flexibility index (Phi) is 4.58. The maximum Gasteiger partial charge on any atom is 0.330 e. The third kappa shape index (κ3) is 2.84. The van der Waals surface area contributed by atoms with E-state index in [1.807, 2.05) is 11.0 Å². The van der Waals surface area contributed by atoms with Crippen LogP contribution in [0.4, 0.5) is 5.82 Å². The molecule has 0 spiro atoms. The maximum atomic E-state index is 11.7. The van der Waals surface area contributed by atoms with Crippen LogP contribution in [0.3, 0.4) is 0 Å². The van der Waals surface area contributed by atoms with Gasteiger partial charge in [0.15, 0.2) is 6.04 Å². The van der Waals surface area contributed by atoms with Crippen molar-refractivity contribution in [3.63, 3.8) is 0 Å². The number of methoxy groups -OCH3 is 1. The number of carbonyl (C=O) groups excluding carboxylic acids is 1. The standard InChI is InChI=1S/C11H12Br2N2O3/c1-17-11(16)9-6-18-3-2-15(9)10-8(13)4-7(12)5-14-10/h4-5,9H,2-3,6H2,1H3. The molecule has 0 saturated carbocycles. The fourth-order valence-corrected chi connectivity index (χ4v) is 3.02. The molecule has 0 N–H and O–H groups in total. The summed E-state index contributed by atoms with van der Waals surface area (Å²) in [7, 11) is 1.37. The molecule has 0 aromatic carbocycles. The number of carbonyl (C=O) groups is 1. The Labute approximate surface area is 122 Å². The van der Waals surface area contributed by atoms with E-state index in [1.165, 1.54) is 7.11 Å². The van der Waals surface area contributed by atoms with Crippen molar-refractivity contribution in [2.75, 3.05) is 31.8 Å². The van der Waals surface area contributed by atoms with E-state index >= 15 is 0 Å². The number of pyridine rings is 1. The molecule has 1 atom stereocenters. The number of rotatable bonds is 2. The Morgan fingerprint density at radius 1 is 1.61 bits per heavy atom. The molecule has 2 heterocycles. The normalized spacial score (nSPS) is 19.7. The molecule has 1 saturated heterocycles. The lowest BCUT2D eigenvalue weighted by atomic mass is 10.2. The summed E-state index contributed by atoms with van der Waals surface area (Å²) in [5.41, 5.74) is 0.